The molecule has 1 amide bonds. The van der Waals surface area contributed by atoms with E-state index < -0.39 is 0 Å². The van der Waals surface area contributed by atoms with Gasteiger partial charge in [0.2, 0.25) is 5.91 Å². The molecule has 2 rings (SSSR count). The van der Waals surface area contributed by atoms with Gasteiger partial charge in [-0.3, -0.25) is 9.69 Å². The fraction of sp³-hybridized carbons (Fsp3) is 0.588. The first-order valence-electron chi connectivity index (χ1n) is 7.97. The summed E-state index contributed by atoms with van der Waals surface area (Å²) in [5, 5.41) is 0. The molecule has 1 fully saturated rings. The topological polar surface area (TPSA) is 58.8 Å². The van der Waals surface area contributed by atoms with Crippen LogP contribution in [-0.2, 0) is 4.79 Å². The molecule has 1 aromatic rings. The van der Waals surface area contributed by atoms with Gasteiger partial charge in [0.15, 0.2) is 0 Å². The number of rotatable bonds is 7. The smallest absolute Gasteiger partial charge is 0.236 e. The predicted octanol–water partition coefficient (Wildman–Crippen LogP) is 1.96. The number of hydrogen-bond donors (Lipinski definition) is 1. The fourth-order valence-electron chi connectivity index (χ4n) is 2.70. The van der Waals surface area contributed by atoms with Crippen molar-refractivity contribution in [2.75, 3.05) is 46.4 Å². The summed E-state index contributed by atoms with van der Waals surface area (Å²) in [6.07, 6.45) is 1.06. The van der Waals surface area contributed by atoms with E-state index in [0.717, 1.165) is 29.7 Å². The highest BCUT2D eigenvalue weighted by atomic mass is 79.9. The SMILES string of the molecule is CN(CCOc1ccc(Br)cc1)C(=O)CN1CCC(C)(CN)C1. The minimum absolute atomic E-state index is 0.130. The molecule has 1 atom stereocenters. The summed E-state index contributed by atoms with van der Waals surface area (Å²) in [5.41, 5.74) is 5.97. The van der Waals surface area contributed by atoms with Gasteiger partial charge in [-0.25, -0.2) is 0 Å². The van der Waals surface area contributed by atoms with Crippen LogP contribution >= 0.6 is 15.9 Å². The Morgan fingerprint density at radius 1 is 1.43 bits per heavy atom. The Morgan fingerprint density at radius 3 is 2.74 bits per heavy atom. The average molecular weight is 384 g/mol. The van der Waals surface area contributed by atoms with E-state index in [2.05, 4.69) is 27.8 Å². The van der Waals surface area contributed by atoms with Crippen molar-refractivity contribution in [3.8, 4) is 5.75 Å². The van der Waals surface area contributed by atoms with Gasteiger partial charge in [0, 0.05) is 18.1 Å². The van der Waals surface area contributed by atoms with Gasteiger partial charge in [-0.1, -0.05) is 22.9 Å². The van der Waals surface area contributed by atoms with Gasteiger partial charge < -0.3 is 15.4 Å². The summed E-state index contributed by atoms with van der Waals surface area (Å²) < 4.78 is 6.68. The van der Waals surface area contributed by atoms with E-state index >= 15 is 0 Å². The van der Waals surface area contributed by atoms with Gasteiger partial charge >= 0.3 is 0 Å². The number of hydrogen-bond acceptors (Lipinski definition) is 4. The van der Waals surface area contributed by atoms with Crippen LogP contribution in [0.15, 0.2) is 28.7 Å². The lowest BCUT2D eigenvalue weighted by molar-refractivity contribution is -0.131. The van der Waals surface area contributed by atoms with Gasteiger partial charge in [-0.05, 0) is 49.2 Å². The lowest BCUT2D eigenvalue weighted by Gasteiger charge is -2.24. The number of amides is 1. The number of carbonyl (C=O) groups is 1. The number of carbonyl (C=O) groups excluding carboxylic acids is 1. The number of likely N-dealkylation sites (N-methyl/N-ethyl adjacent to an activating group) is 1. The second-order valence-electron chi connectivity index (χ2n) is 6.59. The molecule has 0 saturated carbocycles. The largest absolute Gasteiger partial charge is 0.492 e. The van der Waals surface area contributed by atoms with Crippen molar-refractivity contribution in [2.45, 2.75) is 13.3 Å². The van der Waals surface area contributed by atoms with Gasteiger partial charge in [0.25, 0.3) is 0 Å². The maximum absolute atomic E-state index is 12.3. The molecule has 1 aromatic carbocycles. The Bertz CT molecular complexity index is 523. The first-order chi connectivity index (χ1) is 10.9. The van der Waals surface area contributed by atoms with E-state index in [1.807, 2.05) is 31.3 Å². The second kappa shape index (κ2) is 8.13. The average Bonchev–Trinajstić information content (AvgIpc) is 2.91. The van der Waals surface area contributed by atoms with Crippen molar-refractivity contribution in [3.05, 3.63) is 28.7 Å². The molecule has 6 heteroatoms. The van der Waals surface area contributed by atoms with Crippen molar-refractivity contribution in [3.63, 3.8) is 0 Å². The number of halogens is 1. The third-order valence-corrected chi connectivity index (χ3v) is 4.95. The van der Waals surface area contributed by atoms with Crippen molar-refractivity contribution in [2.24, 2.45) is 11.1 Å². The van der Waals surface area contributed by atoms with Crippen LogP contribution in [-0.4, -0.2) is 62.1 Å². The zero-order valence-corrected chi connectivity index (χ0v) is 15.5. The van der Waals surface area contributed by atoms with Crippen LogP contribution in [0.4, 0.5) is 0 Å². The molecule has 2 N–H and O–H groups in total. The molecule has 0 radical (unpaired) electrons. The zero-order chi connectivity index (χ0) is 16.9. The molecule has 1 unspecified atom stereocenters. The van der Waals surface area contributed by atoms with E-state index in [0.29, 0.717) is 26.2 Å². The quantitative estimate of drug-likeness (QED) is 0.781. The number of ether oxygens (including phenoxy) is 1. The minimum atomic E-state index is 0.130. The van der Waals surface area contributed by atoms with Crippen LogP contribution in [0, 0.1) is 5.41 Å². The van der Waals surface area contributed by atoms with Crippen molar-refractivity contribution >= 4 is 21.8 Å². The molecule has 23 heavy (non-hydrogen) atoms. The molecule has 0 aliphatic carbocycles. The summed E-state index contributed by atoms with van der Waals surface area (Å²) >= 11 is 3.39. The molecule has 1 aliphatic heterocycles. The van der Waals surface area contributed by atoms with Crippen molar-refractivity contribution < 1.29 is 9.53 Å². The molecule has 1 aliphatic rings. The highest BCUT2D eigenvalue weighted by Crippen LogP contribution is 2.28. The zero-order valence-electron chi connectivity index (χ0n) is 13.9. The molecule has 128 valence electrons. The molecular formula is C17H26BrN3O2. The highest BCUT2D eigenvalue weighted by molar-refractivity contribution is 9.10. The highest BCUT2D eigenvalue weighted by Gasteiger charge is 2.33. The van der Waals surface area contributed by atoms with Crippen LogP contribution in [0.3, 0.4) is 0 Å². The van der Waals surface area contributed by atoms with Crippen LogP contribution < -0.4 is 10.5 Å². The van der Waals surface area contributed by atoms with E-state index in [1.54, 1.807) is 4.90 Å². The van der Waals surface area contributed by atoms with E-state index in [9.17, 15) is 4.79 Å². The van der Waals surface area contributed by atoms with Gasteiger partial charge in [-0.2, -0.15) is 0 Å². The third-order valence-electron chi connectivity index (χ3n) is 4.42. The lowest BCUT2D eigenvalue weighted by Crippen LogP contribution is -2.40. The molecule has 0 spiro atoms. The van der Waals surface area contributed by atoms with Crippen LogP contribution in [0.25, 0.3) is 0 Å². The molecule has 1 saturated heterocycles. The summed E-state index contributed by atoms with van der Waals surface area (Å²) in [5.74, 6) is 0.943. The monoisotopic (exact) mass is 383 g/mol. The molecular weight excluding hydrogens is 358 g/mol. The summed E-state index contributed by atoms with van der Waals surface area (Å²) in [7, 11) is 1.82. The second-order valence-corrected chi connectivity index (χ2v) is 7.51. The third kappa shape index (κ3) is 5.48. The maximum Gasteiger partial charge on any atom is 0.236 e. The number of nitrogens with two attached hydrogens (primary N) is 1. The Morgan fingerprint density at radius 2 is 2.13 bits per heavy atom. The first-order valence-corrected chi connectivity index (χ1v) is 8.76. The molecule has 5 nitrogen and oxygen atoms in total. The number of likely N-dealkylation sites (tertiary alicyclic amines) is 1. The first kappa shape index (κ1) is 18.2. The summed E-state index contributed by atoms with van der Waals surface area (Å²) in [6, 6.07) is 7.69. The molecule has 0 bridgehead atoms. The standard InChI is InChI=1S/C17H26BrN3O2/c1-17(12-19)7-8-21(13-17)11-16(22)20(2)9-10-23-15-5-3-14(18)4-6-15/h3-6H,7-13,19H2,1-2H3. The number of benzene rings is 1. The van der Waals surface area contributed by atoms with E-state index in [4.69, 9.17) is 10.5 Å². The Kier molecular flexibility index (Phi) is 6.44. The van der Waals surface area contributed by atoms with E-state index in [1.165, 1.54) is 0 Å². The molecule has 0 aromatic heterocycles. The Balaban J connectivity index is 1.70. The van der Waals surface area contributed by atoms with Crippen molar-refractivity contribution in [1.29, 1.82) is 0 Å². The Hall–Kier alpha value is -1.11. The van der Waals surface area contributed by atoms with Crippen molar-refractivity contribution in [1.82, 2.24) is 9.80 Å². The van der Waals surface area contributed by atoms with Gasteiger partial charge in [0.05, 0.1) is 13.1 Å². The van der Waals surface area contributed by atoms with Crippen LogP contribution in [0.2, 0.25) is 0 Å². The Labute approximate surface area is 146 Å². The summed E-state index contributed by atoms with van der Waals surface area (Å²) in [4.78, 5) is 16.2. The maximum atomic E-state index is 12.3. The predicted molar refractivity (Wildman–Crippen MR) is 95.5 cm³/mol. The van der Waals surface area contributed by atoms with Crippen LogP contribution in [0.1, 0.15) is 13.3 Å². The van der Waals surface area contributed by atoms with Crippen LogP contribution in [0.5, 0.6) is 5.75 Å². The fourth-order valence-corrected chi connectivity index (χ4v) is 2.96. The normalized spacial score (nSPS) is 21.4. The number of nitrogens with zero attached hydrogens (tertiary/aromatic N) is 2. The minimum Gasteiger partial charge on any atom is -0.492 e. The van der Waals surface area contributed by atoms with Gasteiger partial charge in [-0.15, -0.1) is 0 Å². The van der Waals surface area contributed by atoms with E-state index in [-0.39, 0.29) is 11.3 Å². The van der Waals surface area contributed by atoms with Gasteiger partial charge in [0.1, 0.15) is 12.4 Å². The lowest BCUT2D eigenvalue weighted by atomic mass is 9.90. The summed E-state index contributed by atoms with van der Waals surface area (Å²) in [6.45, 7) is 6.24. The molecule has 1 heterocycles.